The van der Waals surface area contributed by atoms with Crippen LogP contribution in [0.5, 0.6) is 0 Å². The first-order chi connectivity index (χ1) is 14.7. The average molecular weight is 447 g/mol. The Labute approximate surface area is 184 Å². The van der Waals surface area contributed by atoms with Gasteiger partial charge in [-0.25, -0.2) is 9.78 Å². The summed E-state index contributed by atoms with van der Waals surface area (Å²) >= 11 is 1.57. The number of aliphatic hydroxyl groups is 1. The lowest BCUT2D eigenvalue weighted by Crippen LogP contribution is -2.52. The van der Waals surface area contributed by atoms with E-state index in [1.54, 1.807) is 16.8 Å². The molecule has 0 unspecified atom stereocenters. The Morgan fingerprint density at radius 3 is 2.58 bits per heavy atom. The number of nitrogens with one attached hydrogen (secondary N) is 1. The molecule has 3 rings (SSSR count). The van der Waals surface area contributed by atoms with Crippen LogP contribution in [-0.4, -0.2) is 74.7 Å². The SMILES string of the molecule is Cc1ncsc1-c1ccc(CNC(=O)[C@H]2C[C@H](O)CN2C(=O)[C@H](C)N(C)C(=O)O)cc1. The van der Waals surface area contributed by atoms with Crippen LogP contribution in [0.2, 0.25) is 0 Å². The number of aliphatic hydroxyl groups excluding tert-OH is 1. The zero-order valence-electron chi connectivity index (χ0n) is 17.6. The smallest absolute Gasteiger partial charge is 0.407 e. The fourth-order valence-electron chi connectivity index (χ4n) is 3.54. The minimum absolute atomic E-state index is 0.00236. The van der Waals surface area contributed by atoms with Gasteiger partial charge in [0.1, 0.15) is 12.1 Å². The van der Waals surface area contributed by atoms with Crippen molar-refractivity contribution in [3.05, 3.63) is 41.0 Å². The Kier molecular flexibility index (Phi) is 6.91. The van der Waals surface area contributed by atoms with Crippen molar-refractivity contribution in [2.24, 2.45) is 0 Å². The minimum Gasteiger partial charge on any atom is -0.465 e. The first kappa shape index (κ1) is 22.7. The first-order valence-electron chi connectivity index (χ1n) is 9.90. The van der Waals surface area contributed by atoms with Crippen LogP contribution in [0.1, 0.15) is 24.6 Å². The van der Waals surface area contributed by atoms with Crippen molar-refractivity contribution >= 4 is 29.2 Å². The number of amides is 3. The Morgan fingerprint density at radius 2 is 2.00 bits per heavy atom. The number of rotatable bonds is 6. The third kappa shape index (κ3) is 5.02. The van der Waals surface area contributed by atoms with E-state index in [4.69, 9.17) is 5.11 Å². The van der Waals surface area contributed by atoms with E-state index in [1.165, 1.54) is 18.9 Å². The Hall–Kier alpha value is -2.98. The molecule has 3 N–H and O–H groups in total. The number of carbonyl (C=O) groups is 3. The number of likely N-dealkylation sites (N-methyl/N-ethyl adjacent to an activating group) is 1. The molecule has 2 aromatic rings. The highest BCUT2D eigenvalue weighted by Crippen LogP contribution is 2.27. The third-order valence-electron chi connectivity index (χ3n) is 5.53. The van der Waals surface area contributed by atoms with E-state index >= 15 is 0 Å². The number of hydrogen-bond acceptors (Lipinski definition) is 6. The van der Waals surface area contributed by atoms with Crippen LogP contribution in [0.3, 0.4) is 0 Å². The lowest BCUT2D eigenvalue weighted by atomic mass is 10.1. The fraction of sp³-hybridized carbons (Fsp3) is 0.429. The Balaban J connectivity index is 1.63. The molecule has 31 heavy (non-hydrogen) atoms. The summed E-state index contributed by atoms with van der Waals surface area (Å²) in [4.78, 5) is 44.1. The van der Waals surface area contributed by atoms with Crippen molar-refractivity contribution in [2.45, 2.75) is 45.0 Å². The second-order valence-corrected chi connectivity index (χ2v) is 8.50. The number of carbonyl (C=O) groups excluding carboxylic acids is 2. The Bertz CT molecular complexity index is 961. The highest BCUT2D eigenvalue weighted by atomic mass is 32.1. The summed E-state index contributed by atoms with van der Waals surface area (Å²) in [6.07, 6.45) is -1.95. The van der Waals surface area contributed by atoms with Gasteiger partial charge >= 0.3 is 6.09 Å². The van der Waals surface area contributed by atoms with Crippen molar-refractivity contribution in [1.29, 1.82) is 0 Å². The number of aromatic nitrogens is 1. The summed E-state index contributed by atoms with van der Waals surface area (Å²) in [6, 6.07) is 5.99. The molecule has 0 aliphatic carbocycles. The van der Waals surface area contributed by atoms with Crippen molar-refractivity contribution in [2.75, 3.05) is 13.6 Å². The van der Waals surface area contributed by atoms with E-state index in [9.17, 15) is 19.5 Å². The predicted octanol–water partition coefficient (Wildman–Crippen LogP) is 1.69. The molecule has 0 spiro atoms. The van der Waals surface area contributed by atoms with Crippen LogP contribution in [0.4, 0.5) is 4.79 Å². The number of benzene rings is 1. The number of hydrogen-bond donors (Lipinski definition) is 3. The van der Waals surface area contributed by atoms with Crippen LogP contribution in [0.25, 0.3) is 10.4 Å². The first-order valence-corrected chi connectivity index (χ1v) is 10.8. The average Bonchev–Trinajstić information content (AvgIpc) is 3.36. The summed E-state index contributed by atoms with van der Waals surface area (Å²) in [5.74, 6) is -0.886. The second kappa shape index (κ2) is 9.44. The maximum Gasteiger partial charge on any atom is 0.407 e. The van der Waals surface area contributed by atoms with Gasteiger partial charge in [-0.2, -0.15) is 0 Å². The van der Waals surface area contributed by atoms with Gasteiger partial charge in [0.2, 0.25) is 11.8 Å². The van der Waals surface area contributed by atoms with Gasteiger partial charge in [0.05, 0.1) is 22.2 Å². The van der Waals surface area contributed by atoms with Gasteiger partial charge < -0.3 is 20.4 Å². The summed E-state index contributed by atoms with van der Waals surface area (Å²) in [6.45, 7) is 3.69. The molecule has 1 fully saturated rings. The summed E-state index contributed by atoms with van der Waals surface area (Å²) in [5, 5.41) is 21.9. The minimum atomic E-state index is -1.24. The molecule has 0 bridgehead atoms. The fourth-order valence-corrected chi connectivity index (χ4v) is 4.35. The molecule has 1 aromatic heterocycles. The number of thiazole rings is 1. The summed E-state index contributed by atoms with van der Waals surface area (Å²) in [7, 11) is 1.30. The van der Waals surface area contributed by atoms with Crippen molar-refractivity contribution in [3.63, 3.8) is 0 Å². The van der Waals surface area contributed by atoms with Crippen LogP contribution in [0.15, 0.2) is 29.8 Å². The molecule has 1 aromatic carbocycles. The number of β-amino-alcohol motifs (C(OH)–C–C–N with tert-alkyl or cyclic N) is 1. The number of nitrogens with zero attached hydrogens (tertiary/aromatic N) is 3. The number of likely N-dealkylation sites (tertiary alicyclic amines) is 1. The van der Waals surface area contributed by atoms with E-state index in [0.717, 1.165) is 26.6 Å². The maximum absolute atomic E-state index is 12.8. The van der Waals surface area contributed by atoms with Gasteiger partial charge in [0, 0.05) is 26.6 Å². The van der Waals surface area contributed by atoms with Gasteiger partial charge in [-0.3, -0.25) is 14.5 Å². The Morgan fingerprint density at radius 1 is 1.32 bits per heavy atom. The lowest BCUT2D eigenvalue weighted by molar-refractivity contribution is -0.141. The molecule has 1 aliphatic rings. The van der Waals surface area contributed by atoms with Gasteiger partial charge in [-0.15, -0.1) is 11.3 Å². The molecule has 10 heteroatoms. The maximum atomic E-state index is 12.8. The molecule has 1 saturated heterocycles. The molecule has 2 heterocycles. The standard InChI is InChI=1S/C21H26N4O5S/c1-12-18(31-11-23-12)15-6-4-14(5-7-15)9-22-19(27)17-8-16(26)10-25(17)20(28)13(2)24(3)21(29)30/h4-7,11,13,16-17,26H,8-10H2,1-3H3,(H,22,27)(H,29,30)/t13-,16-,17+/m0/s1. The molecule has 1 aliphatic heterocycles. The molecular formula is C21H26N4O5S. The zero-order chi connectivity index (χ0) is 22.7. The topological polar surface area (TPSA) is 123 Å². The zero-order valence-corrected chi connectivity index (χ0v) is 18.4. The lowest BCUT2D eigenvalue weighted by Gasteiger charge is -2.29. The summed E-state index contributed by atoms with van der Waals surface area (Å²) < 4.78 is 0. The van der Waals surface area contributed by atoms with Gasteiger partial charge in [0.15, 0.2) is 0 Å². The van der Waals surface area contributed by atoms with E-state index < -0.39 is 30.2 Å². The van der Waals surface area contributed by atoms with Gasteiger partial charge in [-0.05, 0) is 25.0 Å². The molecule has 3 amide bonds. The molecule has 0 radical (unpaired) electrons. The molecule has 0 saturated carbocycles. The quantitative estimate of drug-likeness (QED) is 0.621. The van der Waals surface area contributed by atoms with E-state index in [2.05, 4.69) is 10.3 Å². The highest BCUT2D eigenvalue weighted by Gasteiger charge is 2.41. The van der Waals surface area contributed by atoms with Crippen LogP contribution in [-0.2, 0) is 16.1 Å². The van der Waals surface area contributed by atoms with Crippen LogP contribution in [0, 0.1) is 6.92 Å². The normalized spacial score (nSPS) is 19.2. The van der Waals surface area contributed by atoms with Gasteiger partial charge in [0.25, 0.3) is 0 Å². The van der Waals surface area contributed by atoms with Crippen molar-refractivity contribution in [1.82, 2.24) is 20.1 Å². The number of aryl methyl sites for hydroxylation is 1. The summed E-state index contributed by atoms with van der Waals surface area (Å²) in [5.41, 5.74) is 4.73. The molecule has 9 nitrogen and oxygen atoms in total. The van der Waals surface area contributed by atoms with E-state index in [1.807, 2.05) is 31.2 Å². The van der Waals surface area contributed by atoms with Gasteiger partial charge in [-0.1, -0.05) is 24.3 Å². The highest BCUT2D eigenvalue weighted by molar-refractivity contribution is 7.13. The van der Waals surface area contributed by atoms with E-state index in [0.29, 0.717) is 0 Å². The second-order valence-electron chi connectivity index (χ2n) is 7.65. The largest absolute Gasteiger partial charge is 0.465 e. The van der Waals surface area contributed by atoms with Crippen molar-refractivity contribution in [3.8, 4) is 10.4 Å². The van der Waals surface area contributed by atoms with Crippen LogP contribution >= 0.6 is 11.3 Å². The van der Waals surface area contributed by atoms with Crippen molar-refractivity contribution < 1.29 is 24.6 Å². The predicted molar refractivity (Wildman–Crippen MR) is 116 cm³/mol. The molecular weight excluding hydrogens is 420 g/mol. The molecule has 3 atom stereocenters. The van der Waals surface area contributed by atoms with E-state index in [-0.39, 0.29) is 25.4 Å². The monoisotopic (exact) mass is 446 g/mol. The number of carboxylic acid groups (broad SMARTS) is 1. The molecule has 166 valence electrons. The van der Waals surface area contributed by atoms with Crippen LogP contribution < -0.4 is 5.32 Å². The third-order valence-corrected chi connectivity index (χ3v) is 6.51.